The fourth-order valence-corrected chi connectivity index (χ4v) is 7.65. The molecular formula is C28H38N2O6Si. The molecule has 0 aliphatic carbocycles. The van der Waals surface area contributed by atoms with E-state index in [-0.39, 0.29) is 42.5 Å². The second-order valence-electron chi connectivity index (χ2n) is 10.7. The van der Waals surface area contributed by atoms with Crippen molar-refractivity contribution in [3.05, 3.63) is 54.1 Å². The number of nitrogens with zero attached hydrogens (tertiary/aromatic N) is 2. The van der Waals surface area contributed by atoms with Gasteiger partial charge in [0.05, 0.1) is 18.8 Å². The summed E-state index contributed by atoms with van der Waals surface area (Å²) in [5.41, 5.74) is 1.91. The number of rotatable bonds is 9. The Morgan fingerprint density at radius 2 is 1.97 bits per heavy atom. The van der Waals surface area contributed by atoms with Gasteiger partial charge in [-0.2, -0.15) is 0 Å². The van der Waals surface area contributed by atoms with Gasteiger partial charge in [-0.1, -0.05) is 25.1 Å². The van der Waals surface area contributed by atoms with E-state index in [0.717, 1.165) is 30.5 Å². The number of fused-ring (bicyclic) bond motifs is 1. The third kappa shape index (κ3) is 5.60. The molecule has 2 heterocycles. The first-order valence-corrected chi connectivity index (χ1v) is 16.0. The van der Waals surface area contributed by atoms with E-state index in [9.17, 15) is 19.5 Å². The van der Waals surface area contributed by atoms with Crippen molar-refractivity contribution in [2.45, 2.75) is 63.1 Å². The molecule has 0 spiro atoms. The van der Waals surface area contributed by atoms with Crippen LogP contribution in [0.5, 0.6) is 5.75 Å². The number of aliphatic hydroxyl groups is 1. The summed E-state index contributed by atoms with van der Waals surface area (Å²) in [6, 6.07) is 14.8. The number of hydrogen-bond donors (Lipinski definition) is 2. The highest BCUT2D eigenvalue weighted by Gasteiger charge is 2.48. The van der Waals surface area contributed by atoms with E-state index >= 15 is 0 Å². The molecule has 0 bridgehead atoms. The number of carbonyl (C=O) groups excluding carboxylic acids is 2. The van der Waals surface area contributed by atoms with Gasteiger partial charge in [-0.05, 0) is 56.3 Å². The predicted molar refractivity (Wildman–Crippen MR) is 144 cm³/mol. The maximum absolute atomic E-state index is 13.3. The van der Waals surface area contributed by atoms with Crippen LogP contribution in [0.25, 0.3) is 0 Å². The highest BCUT2D eigenvalue weighted by atomic mass is 28.4. The molecule has 0 saturated carbocycles. The van der Waals surface area contributed by atoms with Crippen LogP contribution in [0.4, 0.5) is 11.4 Å². The topological polar surface area (TPSA) is 99.5 Å². The standard InChI is InChI=1S/C28H38N2O6Si/c1-19-27(35-2)23-15-21(30(18-32)20-9-6-5-7-10-20)12-13-24(23)36-28(19)25(37(3,4)34)16-26(33)29-14-8-11-22(29)17-31/h5-7,9-10,12-13,15,18-19,22,25,27-28,31,34H,8,11,14,16-17H2,1-4H3/t19-,22+,25?,27-,28-/m1/s1. The molecule has 5 atom stereocenters. The first-order valence-electron chi connectivity index (χ1n) is 12.9. The summed E-state index contributed by atoms with van der Waals surface area (Å²) in [5.74, 6) is 0.424. The first-order chi connectivity index (χ1) is 17.7. The van der Waals surface area contributed by atoms with E-state index in [2.05, 4.69) is 0 Å². The predicted octanol–water partition coefficient (Wildman–Crippen LogP) is 4.01. The largest absolute Gasteiger partial charge is 0.490 e. The van der Waals surface area contributed by atoms with Crippen LogP contribution in [0.3, 0.4) is 0 Å². The number of benzene rings is 2. The molecule has 2 N–H and O–H groups in total. The molecular weight excluding hydrogens is 488 g/mol. The molecule has 37 heavy (non-hydrogen) atoms. The molecule has 2 aromatic carbocycles. The number of amides is 2. The quantitative estimate of drug-likeness (QED) is 0.378. The Hall–Kier alpha value is -2.72. The molecule has 2 aliphatic heterocycles. The van der Waals surface area contributed by atoms with Gasteiger partial charge in [0.2, 0.25) is 12.3 Å². The van der Waals surface area contributed by atoms with Gasteiger partial charge < -0.3 is 24.3 Å². The Bertz CT molecular complexity index is 1090. The van der Waals surface area contributed by atoms with Gasteiger partial charge in [0, 0.05) is 48.5 Å². The summed E-state index contributed by atoms with van der Waals surface area (Å²) in [7, 11) is -1.20. The van der Waals surface area contributed by atoms with Crippen molar-refractivity contribution < 1.29 is 29.0 Å². The number of aliphatic hydroxyl groups excluding tert-OH is 1. The van der Waals surface area contributed by atoms with E-state index in [1.807, 2.05) is 68.5 Å². The first kappa shape index (κ1) is 27.3. The zero-order valence-corrected chi connectivity index (χ0v) is 23.0. The number of methoxy groups -OCH3 is 1. The Morgan fingerprint density at radius 3 is 2.59 bits per heavy atom. The van der Waals surface area contributed by atoms with Crippen molar-refractivity contribution >= 4 is 32.0 Å². The van der Waals surface area contributed by atoms with Crippen LogP contribution in [0.1, 0.15) is 37.9 Å². The summed E-state index contributed by atoms with van der Waals surface area (Å²) in [4.78, 5) is 39.9. The normalized spacial score (nSPS) is 24.2. The maximum Gasteiger partial charge on any atom is 0.223 e. The van der Waals surface area contributed by atoms with Crippen LogP contribution in [-0.4, -0.2) is 67.8 Å². The average molecular weight is 527 g/mol. The molecule has 2 aliphatic rings. The van der Waals surface area contributed by atoms with Crippen molar-refractivity contribution in [1.82, 2.24) is 4.90 Å². The van der Waals surface area contributed by atoms with E-state index in [1.54, 1.807) is 16.9 Å². The molecule has 1 saturated heterocycles. The lowest BCUT2D eigenvalue weighted by molar-refractivity contribution is -0.133. The summed E-state index contributed by atoms with van der Waals surface area (Å²) >= 11 is 0. The lowest BCUT2D eigenvalue weighted by Gasteiger charge is -2.44. The van der Waals surface area contributed by atoms with E-state index in [1.165, 1.54) is 0 Å². The smallest absolute Gasteiger partial charge is 0.223 e. The van der Waals surface area contributed by atoms with E-state index < -0.39 is 14.4 Å². The van der Waals surface area contributed by atoms with Crippen LogP contribution in [0.2, 0.25) is 18.6 Å². The van der Waals surface area contributed by atoms with Crippen molar-refractivity contribution in [3.8, 4) is 5.75 Å². The van der Waals surface area contributed by atoms with Gasteiger partial charge in [0.1, 0.15) is 11.9 Å². The maximum atomic E-state index is 13.3. The SMILES string of the molecule is CO[C@H]1c2cc(N(C=O)c3ccccc3)ccc2O[C@@H](C(CC(=O)N2CCC[C@H]2CO)[Si](C)(C)O)[C@@H]1C. The van der Waals surface area contributed by atoms with Gasteiger partial charge >= 0.3 is 0 Å². The van der Waals surface area contributed by atoms with Gasteiger partial charge in [-0.15, -0.1) is 0 Å². The van der Waals surface area contributed by atoms with Crippen LogP contribution < -0.4 is 9.64 Å². The van der Waals surface area contributed by atoms with Crippen LogP contribution in [-0.2, 0) is 14.3 Å². The molecule has 200 valence electrons. The fraction of sp³-hybridized carbons (Fsp3) is 0.500. The third-order valence-electron chi connectivity index (χ3n) is 7.84. The molecule has 0 radical (unpaired) electrons. The zero-order chi connectivity index (χ0) is 26.7. The minimum absolute atomic E-state index is 0.0467. The molecule has 4 rings (SSSR count). The lowest BCUT2D eigenvalue weighted by atomic mass is 9.86. The molecule has 1 unspecified atom stereocenters. The minimum Gasteiger partial charge on any atom is -0.490 e. The summed E-state index contributed by atoms with van der Waals surface area (Å²) in [6.45, 7) is 6.29. The van der Waals surface area contributed by atoms with Crippen molar-refractivity contribution in [2.24, 2.45) is 5.92 Å². The van der Waals surface area contributed by atoms with Crippen molar-refractivity contribution in [2.75, 3.05) is 25.2 Å². The van der Waals surface area contributed by atoms with E-state index in [4.69, 9.17) is 9.47 Å². The minimum atomic E-state index is -2.85. The van der Waals surface area contributed by atoms with Gasteiger partial charge in [0.15, 0.2) is 8.32 Å². The van der Waals surface area contributed by atoms with Crippen molar-refractivity contribution in [1.29, 1.82) is 0 Å². The lowest BCUT2D eigenvalue weighted by Crippen LogP contribution is -2.50. The highest BCUT2D eigenvalue weighted by Crippen LogP contribution is 2.48. The molecule has 0 aromatic heterocycles. The molecule has 9 heteroatoms. The number of anilines is 2. The Balaban J connectivity index is 1.64. The Labute approximate surface area is 219 Å². The Kier molecular flexibility index (Phi) is 8.38. The molecule has 1 fully saturated rings. The average Bonchev–Trinajstić information content (AvgIpc) is 3.37. The third-order valence-corrected chi connectivity index (χ3v) is 10.2. The van der Waals surface area contributed by atoms with Gasteiger partial charge in [-0.25, -0.2) is 0 Å². The Morgan fingerprint density at radius 1 is 1.24 bits per heavy atom. The number of carbonyl (C=O) groups is 2. The second-order valence-corrected chi connectivity index (χ2v) is 14.7. The van der Waals surface area contributed by atoms with Crippen LogP contribution in [0.15, 0.2) is 48.5 Å². The number of ether oxygens (including phenoxy) is 2. The monoisotopic (exact) mass is 526 g/mol. The summed E-state index contributed by atoms with van der Waals surface area (Å²) in [6.07, 6.45) is 1.85. The van der Waals surface area contributed by atoms with Crippen molar-refractivity contribution in [3.63, 3.8) is 0 Å². The van der Waals surface area contributed by atoms with E-state index in [0.29, 0.717) is 18.0 Å². The van der Waals surface area contributed by atoms with Gasteiger partial charge in [-0.3, -0.25) is 14.5 Å². The fourth-order valence-electron chi connectivity index (χ4n) is 5.80. The molecule has 8 nitrogen and oxygen atoms in total. The zero-order valence-electron chi connectivity index (χ0n) is 22.0. The number of hydrogen-bond acceptors (Lipinski definition) is 6. The summed E-state index contributed by atoms with van der Waals surface area (Å²) < 4.78 is 12.5. The molecule has 2 amide bonds. The van der Waals surface area contributed by atoms with Gasteiger partial charge in [0.25, 0.3) is 0 Å². The van der Waals surface area contributed by atoms with Crippen LogP contribution >= 0.6 is 0 Å². The summed E-state index contributed by atoms with van der Waals surface area (Å²) in [5, 5.41) is 9.70. The highest BCUT2D eigenvalue weighted by molar-refractivity contribution is 6.71. The molecule has 2 aromatic rings. The number of para-hydroxylation sites is 1. The number of likely N-dealkylation sites (tertiary alicyclic amines) is 1. The second kappa shape index (κ2) is 11.3. The van der Waals surface area contributed by atoms with Crippen LogP contribution in [0, 0.1) is 5.92 Å².